The summed E-state index contributed by atoms with van der Waals surface area (Å²) < 4.78 is 0. The summed E-state index contributed by atoms with van der Waals surface area (Å²) in [7, 11) is 0. The van der Waals surface area contributed by atoms with Gasteiger partial charge in [-0.2, -0.15) is 0 Å². The summed E-state index contributed by atoms with van der Waals surface area (Å²) in [6.07, 6.45) is 5.06. The van der Waals surface area contributed by atoms with E-state index in [0.29, 0.717) is 12.0 Å². The number of fused-ring (bicyclic) bond motifs is 3. The maximum atomic E-state index is 12.6. The first-order valence-corrected chi connectivity index (χ1v) is 8.20. The number of nitrogens with one attached hydrogen (secondary N) is 1. The van der Waals surface area contributed by atoms with Crippen LogP contribution in [-0.2, 0) is 9.59 Å². The Kier molecular flexibility index (Phi) is 4.34. The van der Waals surface area contributed by atoms with Crippen LogP contribution in [0.25, 0.3) is 5.57 Å². The number of rotatable bonds is 5. The zero-order chi connectivity index (χ0) is 17.3. The molecule has 5 heteroatoms. The van der Waals surface area contributed by atoms with Crippen LogP contribution in [0.15, 0.2) is 47.0 Å². The van der Waals surface area contributed by atoms with E-state index in [4.69, 9.17) is 5.73 Å². The molecule has 124 valence electrons. The van der Waals surface area contributed by atoms with Crippen molar-refractivity contribution < 1.29 is 9.59 Å². The molecule has 0 radical (unpaired) electrons. The Balaban J connectivity index is 1.82. The number of benzene rings is 1. The quantitative estimate of drug-likeness (QED) is 0.872. The van der Waals surface area contributed by atoms with Gasteiger partial charge in [0.1, 0.15) is 6.04 Å². The fourth-order valence-corrected chi connectivity index (χ4v) is 3.01. The van der Waals surface area contributed by atoms with Gasteiger partial charge in [-0.25, -0.2) is 0 Å². The van der Waals surface area contributed by atoms with E-state index in [1.54, 1.807) is 0 Å². The van der Waals surface area contributed by atoms with Crippen molar-refractivity contribution in [2.24, 2.45) is 16.6 Å². The molecule has 1 heterocycles. The van der Waals surface area contributed by atoms with Crippen LogP contribution in [0.1, 0.15) is 32.3 Å². The number of amides is 2. The number of nitrogens with two attached hydrogens (primary N) is 1. The lowest BCUT2D eigenvalue weighted by atomic mass is 9.92. The Hall–Kier alpha value is -2.69. The van der Waals surface area contributed by atoms with Gasteiger partial charge in [0, 0.05) is 23.1 Å². The third-order valence-corrected chi connectivity index (χ3v) is 4.64. The summed E-state index contributed by atoms with van der Waals surface area (Å²) in [4.78, 5) is 28.8. The number of aliphatic imine (C=N–C) groups is 1. The molecule has 1 unspecified atom stereocenters. The maximum Gasteiger partial charge on any atom is 0.251 e. The average Bonchev–Trinajstić information content (AvgIpc) is 2.96. The number of hydrogen-bond acceptors (Lipinski definition) is 3. The number of para-hydroxylation sites is 1. The molecule has 0 saturated carbocycles. The molecule has 0 saturated heterocycles. The molecule has 1 aliphatic carbocycles. The van der Waals surface area contributed by atoms with E-state index < -0.39 is 11.9 Å². The largest absolute Gasteiger partial charge is 0.368 e. The van der Waals surface area contributed by atoms with Crippen molar-refractivity contribution in [1.82, 2.24) is 5.32 Å². The SMILES string of the molecule is CC[C@H](C)C(NC(=O)C1=CCC2=Nc3ccccc3C2=C1)C(N)=O. The third-order valence-electron chi connectivity index (χ3n) is 4.64. The molecular formula is C19H21N3O2. The zero-order valence-corrected chi connectivity index (χ0v) is 13.9. The lowest BCUT2D eigenvalue weighted by Crippen LogP contribution is -2.48. The van der Waals surface area contributed by atoms with Gasteiger partial charge in [-0.15, -0.1) is 0 Å². The number of carbonyl (C=O) groups is 2. The first-order valence-electron chi connectivity index (χ1n) is 8.20. The first kappa shape index (κ1) is 16.2. The lowest BCUT2D eigenvalue weighted by molar-refractivity contribution is -0.126. The topological polar surface area (TPSA) is 84.6 Å². The van der Waals surface area contributed by atoms with Crippen molar-refractivity contribution in [2.45, 2.75) is 32.7 Å². The highest BCUT2D eigenvalue weighted by Gasteiger charge is 2.27. The van der Waals surface area contributed by atoms with Crippen molar-refractivity contribution in [3.63, 3.8) is 0 Å². The Morgan fingerprint density at radius 2 is 2.08 bits per heavy atom. The molecule has 2 aliphatic rings. The Morgan fingerprint density at radius 1 is 1.33 bits per heavy atom. The minimum Gasteiger partial charge on any atom is -0.368 e. The number of hydrogen-bond donors (Lipinski definition) is 2. The van der Waals surface area contributed by atoms with Crippen LogP contribution < -0.4 is 11.1 Å². The van der Waals surface area contributed by atoms with Crippen molar-refractivity contribution in [2.75, 3.05) is 0 Å². The van der Waals surface area contributed by atoms with Gasteiger partial charge in [0.25, 0.3) is 5.91 Å². The fraction of sp³-hybridized carbons (Fsp3) is 0.316. The Labute approximate surface area is 141 Å². The normalized spacial score (nSPS) is 17.7. The molecule has 0 aromatic heterocycles. The Bertz CT molecular complexity index is 790. The van der Waals surface area contributed by atoms with Crippen LogP contribution >= 0.6 is 0 Å². The number of primary amides is 1. The van der Waals surface area contributed by atoms with Crippen LogP contribution in [0.2, 0.25) is 0 Å². The van der Waals surface area contributed by atoms with E-state index in [1.165, 1.54) is 0 Å². The monoisotopic (exact) mass is 323 g/mol. The third kappa shape index (κ3) is 2.89. The van der Waals surface area contributed by atoms with Crippen LogP contribution in [0.5, 0.6) is 0 Å². The molecule has 1 aromatic rings. The fourth-order valence-electron chi connectivity index (χ4n) is 3.01. The molecule has 0 bridgehead atoms. The van der Waals surface area contributed by atoms with Crippen LogP contribution in [-0.4, -0.2) is 23.6 Å². The van der Waals surface area contributed by atoms with Crippen molar-refractivity contribution >= 4 is 28.8 Å². The van der Waals surface area contributed by atoms with Crippen molar-refractivity contribution in [3.05, 3.63) is 47.6 Å². The smallest absolute Gasteiger partial charge is 0.251 e. The lowest BCUT2D eigenvalue weighted by Gasteiger charge is -2.22. The van der Waals surface area contributed by atoms with Gasteiger partial charge in [-0.1, -0.05) is 44.5 Å². The summed E-state index contributed by atoms with van der Waals surface area (Å²) in [5, 5.41) is 2.77. The molecule has 24 heavy (non-hydrogen) atoms. The second-order valence-electron chi connectivity index (χ2n) is 6.24. The van der Waals surface area contributed by atoms with Crippen LogP contribution in [0.3, 0.4) is 0 Å². The molecule has 3 rings (SSSR count). The minimum atomic E-state index is -0.660. The van der Waals surface area contributed by atoms with Gasteiger partial charge in [-0.3, -0.25) is 14.6 Å². The van der Waals surface area contributed by atoms with Gasteiger partial charge in [0.2, 0.25) is 5.91 Å². The maximum absolute atomic E-state index is 12.6. The molecule has 5 nitrogen and oxygen atoms in total. The van der Waals surface area contributed by atoms with Gasteiger partial charge >= 0.3 is 0 Å². The van der Waals surface area contributed by atoms with Gasteiger partial charge < -0.3 is 11.1 Å². The number of allylic oxidation sites excluding steroid dienone is 2. The van der Waals surface area contributed by atoms with Crippen molar-refractivity contribution in [3.8, 4) is 0 Å². The molecule has 1 aliphatic heterocycles. The molecule has 0 fully saturated rings. The van der Waals surface area contributed by atoms with Crippen molar-refractivity contribution in [1.29, 1.82) is 0 Å². The summed E-state index contributed by atoms with van der Waals surface area (Å²) in [5.74, 6) is -0.780. The van der Waals surface area contributed by atoms with E-state index in [-0.39, 0.29) is 11.8 Å². The summed E-state index contributed by atoms with van der Waals surface area (Å²) in [6, 6.07) is 7.22. The predicted octanol–water partition coefficient (Wildman–Crippen LogP) is 2.50. The number of carbonyl (C=O) groups excluding carboxylic acids is 2. The van der Waals surface area contributed by atoms with E-state index in [1.807, 2.05) is 50.3 Å². The zero-order valence-electron chi connectivity index (χ0n) is 13.9. The average molecular weight is 323 g/mol. The second kappa shape index (κ2) is 6.43. The second-order valence-corrected chi connectivity index (χ2v) is 6.24. The molecule has 3 N–H and O–H groups in total. The van der Waals surface area contributed by atoms with E-state index >= 15 is 0 Å². The molecule has 0 spiro atoms. The summed E-state index contributed by atoms with van der Waals surface area (Å²) >= 11 is 0. The van der Waals surface area contributed by atoms with Gasteiger partial charge in [-0.05, 0) is 18.1 Å². The molecular weight excluding hydrogens is 302 g/mol. The standard InChI is InChI=1S/C19H21N3O2/c1-3-11(2)17(18(20)23)22-19(24)12-8-9-16-14(10-12)13-6-4-5-7-15(13)21-16/h4-8,10-11,17H,3,9H2,1-2H3,(H2,20,23)(H,22,24)/t11-,17?/m0/s1. The van der Waals surface area contributed by atoms with E-state index in [0.717, 1.165) is 29.0 Å². The molecule has 2 amide bonds. The van der Waals surface area contributed by atoms with Crippen LogP contribution in [0, 0.1) is 5.92 Å². The highest BCUT2D eigenvalue weighted by Crippen LogP contribution is 2.38. The van der Waals surface area contributed by atoms with Crippen LogP contribution in [0.4, 0.5) is 5.69 Å². The van der Waals surface area contributed by atoms with Gasteiger partial charge in [0.05, 0.1) is 11.4 Å². The molecule has 2 atom stereocenters. The first-order chi connectivity index (χ1) is 11.5. The predicted molar refractivity (Wildman–Crippen MR) is 94.8 cm³/mol. The molecule has 1 aromatic carbocycles. The minimum absolute atomic E-state index is 0.00683. The summed E-state index contributed by atoms with van der Waals surface area (Å²) in [5.41, 5.74) is 9.91. The highest BCUT2D eigenvalue weighted by molar-refractivity contribution is 6.31. The highest BCUT2D eigenvalue weighted by atomic mass is 16.2. The van der Waals surface area contributed by atoms with E-state index in [9.17, 15) is 9.59 Å². The van der Waals surface area contributed by atoms with Gasteiger partial charge in [0.15, 0.2) is 0 Å². The number of nitrogens with zero attached hydrogens (tertiary/aromatic N) is 1. The Morgan fingerprint density at radius 3 is 2.79 bits per heavy atom. The van der Waals surface area contributed by atoms with E-state index in [2.05, 4.69) is 10.3 Å². The summed E-state index contributed by atoms with van der Waals surface area (Å²) in [6.45, 7) is 3.87.